The van der Waals surface area contributed by atoms with Crippen LogP contribution in [0.2, 0.25) is 0 Å². The van der Waals surface area contributed by atoms with Crippen LogP contribution < -0.4 is 21.7 Å². The maximum atomic E-state index is 5.75. The molecule has 0 aliphatic carbocycles. The first-order valence-corrected chi connectivity index (χ1v) is 7.39. The lowest BCUT2D eigenvalue weighted by atomic mass is 10.2. The Labute approximate surface area is 124 Å². The Morgan fingerprint density at radius 3 is 2.86 bits per heavy atom. The normalized spacial score (nSPS) is 22.0. The molecule has 3 rings (SSSR count). The smallest absolute Gasteiger partial charge is 0.158 e. The molecule has 114 valence electrons. The van der Waals surface area contributed by atoms with E-state index in [-0.39, 0.29) is 6.29 Å². The van der Waals surface area contributed by atoms with Gasteiger partial charge in [-0.25, -0.2) is 0 Å². The molecule has 1 fully saturated rings. The van der Waals surface area contributed by atoms with E-state index < -0.39 is 0 Å². The zero-order valence-electron chi connectivity index (χ0n) is 12.0. The van der Waals surface area contributed by atoms with Crippen molar-refractivity contribution in [3.63, 3.8) is 0 Å². The van der Waals surface area contributed by atoms with Crippen molar-refractivity contribution < 1.29 is 9.47 Å². The second-order valence-electron chi connectivity index (χ2n) is 5.24. The number of rotatable bonds is 5. The van der Waals surface area contributed by atoms with Crippen LogP contribution in [-0.2, 0) is 16.0 Å². The molecular formula is C15H22N4O2. The lowest BCUT2D eigenvalue weighted by molar-refractivity contribution is -0.157. The molecule has 1 aromatic carbocycles. The van der Waals surface area contributed by atoms with Gasteiger partial charge in [0.15, 0.2) is 6.29 Å². The van der Waals surface area contributed by atoms with Gasteiger partial charge in [0.05, 0.1) is 18.0 Å². The lowest BCUT2D eigenvalue weighted by Gasteiger charge is -2.22. The zero-order valence-corrected chi connectivity index (χ0v) is 12.0. The monoisotopic (exact) mass is 290 g/mol. The minimum atomic E-state index is -0.0701. The van der Waals surface area contributed by atoms with Gasteiger partial charge in [0.1, 0.15) is 0 Å². The highest BCUT2D eigenvalue weighted by molar-refractivity contribution is 5.50. The molecule has 0 bridgehead atoms. The van der Waals surface area contributed by atoms with Crippen molar-refractivity contribution >= 4 is 5.69 Å². The van der Waals surface area contributed by atoms with E-state index in [9.17, 15) is 0 Å². The number of hydrazine groups is 2. The Balaban J connectivity index is 1.53. The second kappa shape index (κ2) is 6.91. The molecule has 2 heterocycles. The summed E-state index contributed by atoms with van der Waals surface area (Å²) in [6, 6.07) is 8.10. The molecule has 0 radical (unpaired) electrons. The van der Waals surface area contributed by atoms with Crippen LogP contribution in [0.4, 0.5) is 5.69 Å². The van der Waals surface area contributed by atoms with Crippen LogP contribution in [0.15, 0.2) is 36.2 Å². The molecular weight excluding hydrogens is 268 g/mol. The number of nitrogens with zero attached hydrogens (tertiary/aromatic N) is 1. The van der Waals surface area contributed by atoms with Gasteiger partial charge in [0.2, 0.25) is 0 Å². The Kier molecular flexibility index (Phi) is 4.72. The molecule has 6 nitrogen and oxygen atoms in total. The minimum absolute atomic E-state index is 0.0701. The molecule has 4 N–H and O–H groups in total. The number of hydrogen-bond acceptors (Lipinski definition) is 6. The Morgan fingerprint density at radius 2 is 2.14 bits per heavy atom. The van der Waals surface area contributed by atoms with Crippen LogP contribution in [0, 0.1) is 0 Å². The largest absolute Gasteiger partial charge is 0.353 e. The third kappa shape index (κ3) is 3.74. The fourth-order valence-electron chi connectivity index (χ4n) is 2.38. The van der Waals surface area contributed by atoms with Crippen LogP contribution in [0.25, 0.3) is 0 Å². The molecule has 0 amide bonds. The number of nitrogens with one attached hydrogen (secondary N) is 2. The predicted octanol–water partition coefficient (Wildman–Crippen LogP) is 1.36. The van der Waals surface area contributed by atoms with Gasteiger partial charge < -0.3 is 20.6 Å². The van der Waals surface area contributed by atoms with Gasteiger partial charge in [-0.15, -0.1) is 5.53 Å². The first-order chi connectivity index (χ1) is 10.3. The van der Waals surface area contributed by atoms with Gasteiger partial charge >= 0.3 is 0 Å². The number of benzene rings is 1. The van der Waals surface area contributed by atoms with Gasteiger partial charge in [0.25, 0.3) is 0 Å². The lowest BCUT2D eigenvalue weighted by Crippen LogP contribution is -2.37. The van der Waals surface area contributed by atoms with Crippen molar-refractivity contribution in [1.29, 1.82) is 0 Å². The fraction of sp³-hybridized carbons (Fsp3) is 0.467. The van der Waals surface area contributed by atoms with Crippen LogP contribution in [0.5, 0.6) is 0 Å². The molecule has 1 atom stereocenters. The maximum absolute atomic E-state index is 5.75. The van der Waals surface area contributed by atoms with Crippen molar-refractivity contribution in [1.82, 2.24) is 11.0 Å². The van der Waals surface area contributed by atoms with Crippen LogP contribution in [-0.4, -0.2) is 19.5 Å². The van der Waals surface area contributed by atoms with Gasteiger partial charge in [-0.05, 0) is 37.0 Å². The van der Waals surface area contributed by atoms with Gasteiger partial charge in [-0.3, -0.25) is 5.01 Å². The molecule has 21 heavy (non-hydrogen) atoms. The summed E-state index contributed by atoms with van der Waals surface area (Å²) in [7, 11) is 0. The molecule has 1 unspecified atom stereocenters. The molecule has 1 aromatic rings. The van der Waals surface area contributed by atoms with Crippen molar-refractivity contribution in [3.8, 4) is 0 Å². The van der Waals surface area contributed by atoms with Crippen molar-refractivity contribution in [2.75, 3.05) is 18.2 Å². The molecule has 0 aromatic heterocycles. The van der Waals surface area contributed by atoms with E-state index in [1.807, 2.05) is 35.5 Å². The average Bonchev–Trinajstić information content (AvgIpc) is 3.03. The van der Waals surface area contributed by atoms with E-state index >= 15 is 0 Å². The third-order valence-electron chi connectivity index (χ3n) is 3.63. The molecule has 0 spiro atoms. The quantitative estimate of drug-likeness (QED) is 0.760. The molecule has 0 saturated carbocycles. The Morgan fingerprint density at radius 1 is 1.29 bits per heavy atom. The second-order valence-corrected chi connectivity index (χ2v) is 5.24. The summed E-state index contributed by atoms with van der Waals surface area (Å²) in [5, 5.41) is 1.92. The van der Waals surface area contributed by atoms with E-state index in [1.165, 1.54) is 6.42 Å². The SMILES string of the molecule is NCc1ccc(N2C=C(COC3CCCCO3)NN2)cc1. The molecule has 6 heteroatoms. The highest BCUT2D eigenvalue weighted by atomic mass is 16.7. The first kappa shape index (κ1) is 14.3. The van der Waals surface area contributed by atoms with E-state index in [1.54, 1.807) is 0 Å². The maximum Gasteiger partial charge on any atom is 0.158 e. The standard InChI is InChI=1S/C15H22N4O2/c16-9-12-4-6-14(7-5-12)19-10-13(17-18-19)11-21-15-3-1-2-8-20-15/h4-7,10,15,17-18H,1-3,8-9,11,16H2. The predicted molar refractivity (Wildman–Crippen MR) is 80.7 cm³/mol. The summed E-state index contributed by atoms with van der Waals surface area (Å²) >= 11 is 0. The number of nitrogens with two attached hydrogens (primary N) is 1. The first-order valence-electron chi connectivity index (χ1n) is 7.39. The van der Waals surface area contributed by atoms with Crippen LogP contribution in [0.3, 0.4) is 0 Å². The summed E-state index contributed by atoms with van der Waals surface area (Å²) in [5.41, 5.74) is 14.9. The summed E-state index contributed by atoms with van der Waals surface area (Å²) in [5.74, 6) is 0. The average molecular weight is 290 g/mol. The Hall–Kier alpha value is -1.60. The highest BCUT2D eigenvalue weighted by Crippen LogP contribution is 2.18. The van der Waals surface area contributed by atoms with Crippen LogP contribution >= 0.6 is 0 Å². The third-order valence-corrected chi connectivity index (χ3v) is 3.63. The van der Waals surface area contributed by atoms with Crippen molar-refractivity contribution in [3.05, 3.63) is 41.7 Å². The number of anilines is 1. The van der Waals surface area contributed by atoms with E-state index in [0.29, 0.717) is 13.2 Å². The topological polar surface area (TPSA) is 71.8 Å². The highest BCUT2D eigenvalue weighted by Gasteiger charge is 2.17. The minimum Gasteiger partial charge on any atom is -0.353 e. The molecule has 2 aliphatic rings. The summed E-state index contributed by atoms with van der Waals surface area (Å²) in [6.45, 7) is 1.87. The van der Waals surface area contributed by atoms with E-state index in [4.69, 9.17) is 15.2 Å². The van der Waals surface area contributed by atoms with E-state index in [2.05, 4.69) is 11.0 Å². The van der Waals surface area contributed by atoms with Crippen molar-refractivity contribution in [2.24, 2.45) is 5.73 Å². The summed E-state index contributed by atoms with van der Waals surface area (Å²) in [6.07, 6.45) is 5.20. The number of hydrogen-bond donors (Lipinski definition) is 3. The summed E-state index contributed by atoms with van der Waals surface area (Å²) < 4.78 is 11.3. The van der Waals surface area contributed by atoms with Gasteiger partial charge in [0, 0.05) is 19.4 Å². The number of ether oxygens (including phenoxy) is 2. The fourth-order valence-corrected chi connectivity index (χ4v) is 2.38. The Bertz CT molecular complexity index is 483. The van der Waals surface area contributed by atoms with Crippen molar-refractivity contribution in [2.45, 2.75) is 32.1 Å². The van der Waals surface area contributed by atoms with E-state index in [0.717, 1.165) is 36.4 Å². The molecule has 1 saturated heterocycles. The van der Waals surface area contributed by atoms with Gasteiger partial charge in [-0.1, -0.05) is 12.1 Å². The van der Waals surface area contributed by atoms with Gasteiger partial charge in [-0.2, -0.15) is 0 Å². The molecule has 2 aliphatic heterocycles. The summed E-state index contributed by atoms with van der Waals surface area (Å²) in [4.78, 5) is 0. The van der Waals surface area contributed by atoms with Crippen LogP contribution in [0.1, 0.15) is 24.8 Å². The zero-order chi connectivity index (χ0) is 14.5.